The summed E-state index contributed by atoms with van der Waals surface area (Å²) < 4.78 is 81.2. The minimum atomic E-state index is -2.32. The fourth-order valence-corrected chi connectivity index (χ4v) is 12.0. The number of nitrogens with one attached hydrogen (secondary N) is 3. The van der Waals surface area contributed by atoms with Gasteiger partial charge in [0.05, 0.1) is 46.0 Å². The Morgan fingerprint density at radius 1 is 0.402 bits per heavy atom. The molecule has 0 saturated carbocycles. The Balaban J connectivity index is 1.02. The molecule has 41 nitrogen and oxygen atoms in total. The van der Waals surface area contributed by atoms with Crippen LogP contribution in [0.5, 0.6) is 0 Å². The van der Waals surface area contributed by atoms with Gasteiger partial charge in [-0.3, -0.25) is 9.59 Å². The highest BCUT2D eigenvalue weighted by atomic mass is 16.8. The van der Waals surface area contributed by atoms with E-state index in [1.54, 1.807) is 0 Å². The van der Waals surface area contributed by atoms with Crippen molar-refractivity contribution in [1.29, 1.82) is 0 Å². The van der Waals surface area contributed by atoms with Gasteiger partial charge >= 0.3 is 0 Å². The Morgan fingerprint density at radius 2 is 0.652 bits per heavy atom. The number of imidazole rings is 1. The van der Waals surface area contributed by atoms with Gasteiger partial charge in [0.15, 0.2) is 44.0 Å². The van der Waals surface area contributed by atoms with Gasteiger partial charge in [0, 0.05) is 37.8 Å². The highest BCUT2D eigenvalue weighted by Gasteiger charge is 2.60. The van der Waals surface area contributed by atoms with Crippen LogP contribution in [0.2, 0.25) is 0 Å². The quantitative estimate of drug-likeness (QED) is 0.0822. The number of aliphatic hydroxyl groups excluding tert-OH is 20. The van der Waals surface area contributed by atoms with Crippen molar-refractivity contribution in [3.8, 4) is 0 Å². The van der Waals surface area contributed by atoms with Gasteiger partial charge < -0.3 is 190 Å². The summed E-state index contributed by atoms with van der Waals surface area (Å²) in [6, 6.07) is -1.36. The molecule has 528 valence electrons. The molecule has 36 atom stereocenters. The largest absolute Gasteiger partial charge is 0.394 e. The van der Waals surface area contributed by atoms with Crippen LogP contribution >= 0.6 is 0 Å². The molecule has 21 aliphatic rings. The van der Waals surface area contributed by atoms with Crippen LogP contribution in [0.25, 0.3) is 0 Å². The molecule has 22 rings (SSSR count). The molecule has 14 bridgehead atoms. The third-order valence-corrected chi connectivity index (χ3v) is 17.1. The summed E-state index contributed by atoms with van der Waals surface area (Å²) in [4.78, 5) is 33.5. The topological polar surface area (TPSA) is 647 Å². The molecule has 21 saturated heterocycles. The second-order valence-electron chi connectivity index (χ2n) is 23.2. The van der Waals surface area contributed by atoms with Gasteiger partial charge in [0.1, 0.15) is 177 Å². The molecule has 1 aromatic rings. The first-order valence-electron chi connectivity index (χ1n) is 29.5. The monoisotopic (exact) mass is 1340 g/mol. The number of aromatic nitrogens is 2. The fraction of sp³-hybridized carbons (Fsp3) is 0.902. The van der Waals surface area contributed by atoms with Crippen molar-refractivity contribution in [3.63, 3.8) is 0 Å². The van der Waals surface area contributed by atoms with Crippen molar-refractivity contribution in [2.24, 2.45) is 5.73 Å². The standard InChI is InChI=1S/C51H83N5O36/c52-2-1-22(63)56-14(3-13-4-53-12-55-13)44(78)54-5-15-37-23(64)30(71)45(79-15)87-38-16(6-57)81-47(32(73)25(38)66)89-40-18(8-59)83-49(34(75)27(40)68)91-42-20(10-61)85-51(36(77)29(42)70)92-43-21(11-62)84-50(35(76)28(43)69)90-41-19(9-60)82-48(33(74)26(41)67)88-39-17(7-58)80-46(86-37)31(72)24(39)65/h4,12,14-21,23-43,45-51,57-62,64-77H,1-3,5-11,52H2,(H,53,55)(H,54,78)(H,56,63)/t14?,15-,16-,17-,18-,19-,20-,21-,23-,24-,25-,26-,27-,28-,29-,30-,31-,32-,33-,34-,35-,36-,37-,38-,39-,40-,41-,42-,43-,45-,46-,47-,48-,49-,50-,51-/m1/s1. The maximum atomic E-state index is 14.0. The Morgan fingerprint density at radius 3 is 0.880 bits per heavy atom. The van der Waals surface area contributed by atoms with Crippen LogP contribution in [0.15, 0.2) is 12.5 Å². The Bertz CT molecular complexity index is 2440. The van der Waals surface area contributed by atoms with E-state index in [0.717, 1.165) is 0 Å². The lowest BCUT2D eigenvalue weighted by Crippen LogP contribution is -2.68. The number of hydrogen-bond donors (Lipinski definition) is 24. The minimum absolute atomic E-state index is 0.105. The van der Waals surface area contributed by atoms with Gasteiger partial charge in [-0.05, 0) is 0 Å². The SMILES string of the molecule is NCCC(=O)NC(Cc1cnc[nH]1)C(=O)NC[C@H]1O[C@@H]2O[C@H]3[C@H](O)[C@@H](O)[C@@H](O[C@H]4[C@H](O)[C@@H](O)[C@@H](O[C@H]5[C@H](O)[C@@H](O)[C@@H](O[C@H]6[C@H](O)[C@@H](O)[C@@H](O[C@H]7[C@H](O)[C@@H](O)[C@@H](O[C@H]8[C@H](O)[C@@H](O)[C@@H](O[C@H]1[C@H](O)[C@H]2O)O[C@@H]8CO)O[C@@H]7CO)O[C@@H]6CO)O[C@@H]5CO)O[C@@H]4CO)O[C@@H]3CO. The summed E-state index contributed by atoms with van der Waals surface area (Å²) in [5.41, 5.74) is 5.93. The van der Waals surface area contributed by atoms with Crippen LogP contribution in [-0.4, -0.2) is 398 Å². The first-order chi connectivity index (χ1) is 43.9. The van der Waals surface area contributed by atoms with Gasteiger partial charge in [-0.1, -0.05) is 0 Å². The van der Waals surface area contributed by atoms with Crippen molar-refractivity contribution in [2.45, 2.75) is 234 Å². The smallest absolute Gasteiger partial charge is 0.243 e. The minimum Gasteiger partial charge on any atom is -0.394 e. The van der Waals surface area contributed by atoms with E-state index < -0.39 is 279 Å². The Hall–Kier alpha value is -3.25. The van der Waals surface area contributed by atoms with Crippen LogP contribution in [0.4, 0.5) is 0 Å². The van der Waals surface area contributed by atoms with Crippen LogP contribution < -0.4 is 16.4 Å². The maximum Gasteiger partial charge on any atom is 0.243 e. The number of carbonyl (C=O) groups excluding carboxylic acids is 2. The lowest BCUT2D eigenvalue weighted by molar-refractivity contribution is -0.396. The van der Waals surface area contributed by atoms with Gasteiger partial charge in [-0.15, -0.1) is 0 Å². The number of carbonyl (C=O) groups is 2. The van der Waals surface area contributed by atoms with Crippen molar-refractivity contribution in [2.75, 3.05) is 52.7 Å². The van der Waals surface area contributed by atoms with E-state index in [2.05, 4.69) is 20.6 Å². The van der Waals surface area contributed by atoms with Crippen molar-refractivity contribution < 1.29 is 178 Å². The lowest BCUT2D eigenvalue weighted by atomic mass is 9.95. The number of rotatable bonds is 14. The van der Waals surface area contributed by atoms with Crippen LogP contribution in [0.3, 0.4) is 0 Å². The van der Waals surface area contributed by atoms with Gasteiger partial charge in [-0.25, -0.2) is 4.98 Å². The van der Waals surface area contributed by atoms with Crippen molar-refractivity contribution in [1.82, 2.24) is 20.6 Å². The predicted octanol–water partition coefficient (Wildman–Crippen LogP) is -16.3. The summed E-state index contributed by atoms with van der Waals surface area (Å²) in [6.07, 6.45) is -70.3. The van der Waals surface area contributed by atoms with E-state index in [1.807, 2.05) is 0 Å². The molecule has 1 unspecified atom stereocenters. The van der Waals surface area contributed by atoms with Crippen molar-refractivity contribution >= 4 is 11.8 Å². The molecule has 0 spiro atoms. The zero-order valence-electron chi connectivity index (χ0n) is 48.5. The second kappa shape index (κ2) is 32.0. The van der Waals surface area contributed by atoms with Gasteiger partial charge in [-0.2, -0.15) is 0 Å². The zero-order valence-corrected chi connectivity index (χ0v) is 48.5. The molecule has 21 fully saturated rings. The molecule has 92 heavy (non-hydrogen) atoms. The zero-order chi connectivity index (χ0) is 66.7. The number of nitrogens with zero attached hydrogens (tertiary/aromatic N) is 1. The fourth-order valence-electron chi connectivity index (χ4n) is 12.0. The molecule has 25 N–H and O–H groups in total. The first kappa shape index (κ1) is 73.0. The molecule has 0 aromatic carbocycles. The summed E-state index contributed by atoms with van der Waals surface area (Å²) in [6.45, 7) is -7.42. The number of aliphatic hydroxyl groups is 20. The molecule has 41 heteroatoms. The van der Waals surface area contributed by atoms with Crippen molar-refractivity contribution in [3.05, 3.63) is 18.2 Å². The van der Waals surface area contributed by atoms with Crippen LogP contribution in [-0.2, 0) is 82.3 Å². The lowest BCUT2D eigenvalue weighted by Gasteiger charge is -2.50. The highest BCUT2D eigenvalue weighted by Crippen LogP contribution is 2.39. The molecule has 0 radical (unpaired) electrons. The normalized spacial score (nSPS) is 48.5. The second-order valence-corrected chi connectivity index (χ2v) is 23.2. The number of H-pyrrole nitrogens is 1. The molecule has 22 heterocycles. The van der Waals surface area contributed by atoms with Crippen LogP contribution in [0, 0.1) is 0 Å². The third-order valence-electron chi connectivity index (χ3n) is 17.1. The number of ether oxygens (including phenoxy) is 14. The van der Waals surface area contributed by atoms with Gasteiger partial charge in [0.2, 0.25) is 11.8 Å². The summed E-state index contributed by atoms with van der Waals surface area (Å²) in [5.74, 6) is -1.57. The van der Waals surface area contributed by atoms with E-state index in [1.165, 1.54) is 12.5 Å². The summed E-state index contributed by atoms with van der Waals surface area (Å²) in [5, 5.41) is 230. The first-order valence-corrected chi connectivity index (χ1v) is 29.5. The average molecular weight is 1340 g/mol. The number of aromatic amines is 1. The molecule has 2 amide bonds. The average Bonchev–Trinajstić information content (AvgIpc) is 0.863. The molecule has 1 aromatic heterocycles. The van der Waals surface area contributed by atoms with E-state index in [0.29, 0.717) is 5.69 Å². The van der Waals surface area contributed by atoms with Gasteiger partial charge in [0.25, 0.3) is 0 Å². The van der Waals surface area contributed by atoms with E-state index in [4.69, 9.17) is 72.0 Å². The molecule has 21 aliphatic heterocycles. The predicted molar refractivity (Wildman–Crippen MR) is 282 cm³/mol. The van der Waals surface area contributed by atoms with E-state index in [9.17, 15) is 112 Å². The summed E-state index contributed by atoms with van der Waals surface area (Å²) in [7, 11) is 0. The summed E-state index contributed by atoms with van der Waals surface area (Å²) >= 11 is 0. The maximum absolute atomic E-state index is 14.0. The molecular weight excluding hydrogens is 1260 g/mol. The van der Waals surface area contributed by atoms with Crippen LogP contribution in [0.1, 0.15) is 12.1 Å². The Labute approximate surface area is 520 Å². The highest BCUT2D eigenvalue weighted by molar-refractivity contribution is 5.87. The number of nitrogens with two attached hydrogens (primary N) is 1. The van der Waals surface area contributed by atoms with E-state index in [-0.39, 0.29) is 19.4 Å². The number of hydrogen-bond acceptors (Lipinski definition) is 38. The Kier molecular flexibility index (Phi) is 25.4. The number of amides is 2. The molecule has 0 aliphatic carbocycles. The molecular formula is C51H83N5O36. The third kappa shape index (κ3) is 15.4. The van der Waals surface area contributed by atoms with E-state index >= 15 is 0 Å².